The van der Waals surface area contributed by atoms with Gasteiger partial charge >= 0.3 is 0 Å². The number of nitrogens with two attached hydrogens (primary N) is 1. The van der Waals surface area contributed by atoms with Crippen molar-refractivity contribution in [3.05, 3.63) is 35.9 Å². The number of nitrogen functional groups attached to an aromatic ring is 1. The second-order valence-corrected chi connectivity index (χ2v) is 1.78. The Balaban J connectivity index is 0.000000461. The lowest BCUT2D eigenvalue weighted by molar-refractivity contribution is 0.632. The van der Waals surface area contributed by atoms with E-state index in [0.717, 1.165) is 5.56 Å². The molecule has 0 aliphatic heterocycles. The first-order valence-electron chi connectivity index (χ1n) is 2.87. The van der Waals surface area contributed by atoms with Crippen LogP contribution in [0.1, 0.15) is 5.56 Å². The van der Waals surface area contributed by atoms with Gasteiger partial charge in [-0.2, -0.15) is 0 Å². The van der Waals surface area contributed by atoms with E-state index >= 15 is 0 Å². The van der Waals surface area contributed by atoms with Crippen molar-refractivity contribution in [3.63, 3.8) is 0 Å². The molecule has 0 amide bonds. The maximum atomic E-state index is 7.01. The molecule has 0 aromatic heterocycles. The Labute approximate surface area is 70.1 Å². The minimum Gasteiger partial charge on any atom is -0.384 e. The smallest absolute Gasteiger partial charge is 0.122 e. The van der Waals surface area contributed by atoms with Crippen LogP contribution in [0.3, 0.4) is 0 Å². The standard InChI is InChI=1S/C7H8N2.ClHO/c8-7(9)6-4-2-1-3-5-6;1-2/h1-5H,(H3,8,9);2H. The molecule has 0 fully saturated rings. The third-order valence-corrected chi connectivity index (χ3v) is 1.08. The topological polar surface area (TPSA) is 70.1 Å². The molecule has 0 unspecified atom stereocenters. The molecule has 0 radical (unpaired) electrons. The zero-order valence-corrected chi connectivity index (χ0v) is 6.55. The summed E-state index contributed by atoms with van der Waals surface area (Å²) in [5.74, 6) is 0.121. The van der Waals surface area contributed by atoms with Crippen molar-refractivity contribution in [2.24, 2.45) is 5.73 Å². The Morgan fingerprint density at radius 3 is 2.00 bits per heavy atom. The first-order valence-corrected chi connectivity index (χ1v) is 3.21. The lowest BCUT2D eigenvalue weighted by Crippen LogP contribution is -2.10. The molecule has 4 heteroatoms. The van der Waals surface area contributed by atoms with E-state index in [0.29, 0.717) is 0 Å². The van der Waals surface area contributed by atoms with Gasteiger partial charge in [0.05, 0.1) is 11.9 Å². The van der Waals surface area contributed by atoms with Crippen LogP contribution in [-0.2, 0) is 0 Å². The van der Waals surface area contributed by atoms with Crippen molar-refractivity contribution >= 4 is 17.7 Å². The molecule has 4 N–H and O–H groups in total. The average molecular weight is 173 g/mol. The predicted octanol–water partition coefficient (Wildman–Crippen LogP) is 1.10. The molecule has 1 rings (SSSR count). The summed E-state index contributed by atoms with van der Waals surface area (Å²) in [6, 6.07) is 9.23. The summed E-state index contributed by atoms with van der Waals surface area (Å²) in [7, 11) is 0. The van der Waals surface area contributed by atoms with Gasteiger partial charge in [0.25, 0.3) is 0 Å². The van der Waals surface area contributed by atoms with Gasteiger partial charge in [0, 0.05) is 5.56 Å². The number of benzene rings is 1. The van der Waals surface area contributed by atoms with E-state index in [1.165, 1.54) is 0 Å². The fourth-order valence-corrected chi connectivity index (χ4v) is 0.618. The summed E-state index contributed by atoms with van der Waals surface area (Å²) in [6.45, 7) is 0. The number of amidine groups is 1. The molecule has 60 valence electrons. The molecule has 0 aliphatic rings. The van der Waals surface area contributed by atoms with Crippen LogP contribution in [0.25, 0.3) is 0 Å². The summed E-state index contributed by atoms with van der Waals surface area (Å²) >= 11 is 3.64. The highest BCUT2D eigenvalue weighted by Gasteiger charge is 1.89. The Kier molecular flexibility index (Phi) is 5.15. The lowest BCUT2D eigenvalue weighted by Gasteiger charge is -1.93. The summed E-state index contributed by atoms with van der Waals surface area (Å²) < 4.78 is 6.47. The van der Waals surface area contributed by atoms with Crippen LogP contribution in [0.15, 0.2) is 30.3 Å². The highest BCUT2D eigenvalue weighted by molar-refractivity contribution is 6.04. The largest absolute Gasteiger partial charge is 0.384 e. The van der Waals surface area contributed by atoms with E-state index in [-0.39, 0.29) is 5.84 Å². The van der Waals surface area contributed by atoms with Crippen LogP contribution >= 0.6 is 11.9 Å². The number of rotatable bonds is 1. The van der Waals surface area contributed by atoms with E-state index in [9.17, 15) is 0 Å². The monoisotopic (exact) mass is 172 g/mol. The van der Waals surface area contributed by atoms with E-state index in [1.807, 2.05) is 30.3 Å². The van der Waals surface area contributed by atoms with Crippen LogP contribution in [0.4, 0.5) is 0 Å². The first-order chi connectivity index (χ1) is 5.30. The minimum atomic E-state index is 0.121. The first kappa shape index (κ1) is 9.94. The Morgan fingerprint density at radius 1 is 1.27 bits per heavy atom. The highest BCUT2D eigenvalue weighted by atomic mass is 35.5. The molecule has 0 atom stereocenters. The molecule has 0 spiro atoms. The zero-order chi connectivity index (χ0) is 8.69. The van der Waals surface area contributed by atoms with Gasteiger partial charge in [-0.3, -0.25) is 10.1 Å². The molecule has 1 aromatic rings. The van der Waals surface area contributed by atoms with Crippen LogP contribution in [0, 0.1) is 5.41 Å². The number of hydrogen-bond acceptors (Lipinski definition) is 2. The maximum absolute atomic E-state index is 7.01. The average Bonchev–Trinajstić information content (AvgIpc) is 2.10. The predicted molar refractivity (Wildman–Crippen MR) is 45.5 cm³/mol. The normalized spacial score (nSPS) is 7.82. The van der Waals surface area contributed by atoms with E-state index in [1.54, 1.807) is 0 Å². The van der Waals surface area contributed by atoms with Gasteiger partial charge < -0.3 is 5.73 Å². The summed E-state index contributed by atoms with van der Waals surface area (Å²) in [5, 5.41) is 7.01. The van der Waals surface area contributed by atoms with Crippen molar-refractivity contribution < 1.29 is 4.66 Å². The molecule has 0 aliphatic carbocycles. The molecular weight excluding hydrogens is 164 g/mol. The second-order valence-electron chi connectivity index (χ2n) is 1.78. The van der Waals surface area contributed by atoms with Gasteiger partial charge in [-0.25, -0.2) is 0 Å². The third-order valence-electron chi connectivity index (χ3n) is 1.08. The van der Waals surface area contributed by atoms with Crippen molar-refractivity contribution in [2.75, 3.05) is 0 Å². The zero-order valence-electron chi connectivity index (χ0n) is 5.79. The van der Waals surface area contributed by atoms with Crippen LogP contribution in [0.2, 0.25) is 0 Å². The van der Waals surface area contributed by atoms with Gasteiger partial charge in [-0.15, -0.1) is 0 Å². The number of halogens is 1. The van der Waals surface area contributed by atoms with Gasteiger partial charge in [0.1, 0.15) is 5.84 Å². The van der Waals surface area contributed by atoms with Crippen molar-refractivity contribution in [1.82, 2.24) is 0 Å². The molecule has 11 heavy (non-hydrogen) atoms. The molecule has 0 saturated heterocycles. The Morgan fingerprint density at radius 2 is 1.73 bits per heavy atom. The summed E-state index contributed by atoms with van der Waals surface area (Å²) in [5.41, 5.74) is 5.97. The molecule has 0 heterocycles. The molecule has 3 nitrogen and oxygen atoms in total. The van der Waals surface area contributed by atoms with Crippen molar-refractivity contribution in [2.45, 2.75) is 0 Å². The van der Waals surface area contributed by atoms with E-state index < -0.39 is 0 Å². The summed E-state index contributed by atoms with van der Waals surface area (Å²) in [4.78, 5) is 0. The molecule has 0 bridgehead atoms. The Hall–Kier alpha value is -1.06. The highest BCUT2D eigenvalue weighted by Crippen LogP contribution is 1.94. The van der Waals surface area contributed by atoms with Crippen molar-refractivity contribution in [3.8, 4) is 0 Å². The SMILES string of the molecule is N=C(N)c1ccccc1.OCl. The summed E-state index contributed by atoms with van der Waals surface area (Å²) in [6.07, 6.45) is 0. The van der Waals surface area contributed by atoms with Gasteiger partial charge in [0.15, 0.2) is 0 Å². The fourth-order valence-electron chi connectivity index (χ4n) is 0.618. The quantitative estimate of drug-likeness (QED) is 0.439. The second kappa shape index (κ2) is 5.70. The van der Waals surface area contributed by atoms with Crippen LogP contribution in [0.5, 0.6) is 0 Å². The number of hydrogen-bond donors (Lipinski definition) is 3. The van der Waals surface area contributed by atoms with Crippen LogP contribution in [-0.4, -0.2) is 10.5 Å². The molecular formula is C7H9ClN2O. The van der Waals surface area contributed by atoms with Crippen molar-refractivity contribution in [1.29, 1.82) is 5.41 Å². The van der Waals surface area contributed by atoms with Gasteiger partial charge in [-0.05, 0) is 0 Å². The van der Waals surface area contributed by atoms with Gasteiger partial charge in [0.2, 0.25) is 0 Å². The van der Waals surface area contributed by atoms with E-state index in [2.05, 4.69) is 11.9 Å². The van der Waals surface area contributed by atoms with E-state index in [4.69, 9.17) is 15.8 Å². The molecule has 1 aromatic carbocycles. The lowest BCUT2D eigenvalue weighted by atomic mass is 10.2. The molecule has 0 saturated carbocycles. The van der Waals surface area contributed by atoms with Crippen LogP contribution < -0.4 is 5.73 Å². The number of nitrogens with one attached hydrogen (secondary N) is 1. The maximum Gasteiger partial charge on any atom is 0.122 e. The fraction of sp³-hybridized carbons (Fsp3) is 0. The van der Waals surface area contributed by atoms with Gasteiger partial charge in [-0.1, -0.05) is 30.3 Å². The Bertz CT molecular complexity index is 213. The minimum absolute atomic E-state index is 0.121. The third kappa shape index (κ3) is 3.60.